The van der Waals surface area contributed by atoms with Gasteiger partial charge in [0.05, 0.1) is 12.6 Å². The van der Waals surface area contributed by atoms with E-state index >= 15 is 0 Å². The standard InChI is InChI=1S/C19H16N2O3/c22-19(23)21-17-7-9-24-18-10-12(4-5-16(17)18)14-3-1-2-13-11-20-8-6-15(13)14/h1-6,8,10-11,17,21H,7,9H2,(H,22,23). The highest BCUT2D eigenvalue weighted by molar-refractivity contribution is 5.96. The lowest BCUT2D eigenvalue weighted by atomic mass is 9.94. The van der Waals surface area contributed by atoms with Gasteiger partial charge in [-0.3, -0.25) is 4.98 Å². The third-order valence-corrected chi connectivity index (χ3v) is 4.34. The lowest BCUT2D eigenvalue weighted by molar-refractivity contribution is 0.182. The third-order valence-electron chi connectivity index (χ3n) is 4.34. The summed E-state index contributed by atoms with van der Waals surface area (Å²) in [6.07, 6.45) is 3.26. The number of nitrogens with zero attached hydrogens (tertiary/aromatic N) is 1. The molecular weight excluding hydrogens is 304 g/mol. The first-order valence-electron chi connectivity index (χ1n) is 7.82. The van der Waals surface area contributed by atoms with Crippen LogP contribution >= 0.6 is 0 Å². The molecule has 0 spiro atoms. The predicted molar refractivity (Wildman–Crippen MR) is 91.2 cm³/mol. The van der Waals surface area contributed by atoms with Crippen molar-refractivity contribution in [2.45, 2.75) is 12.5 Å². The summed E-state index contributed by atoms with van der Waals surface area (Å²) in [5.74, 6) is 0.739. The fraction of sp³-hybridized carbons (Fsp3) is 0.158. The number of hydrogen-bond donors (Lipinski definition) is 2. The van der Waals surface area contributed by atoms with E-state index in [1.165, 1.54) is 0 Å². The van der Waals surface area contributed by atoms with Crippen LogP contribution in [-0.2, 0) is 0 Å². The molecule has 24 heavy (non-hydrogen) atoms. The Morgan fingerprint density at radius 3 is 3.04 bits per heavy atom. The first-order chi connectivity index (χ1) is 11.7. The van der Waals surface area contributed by atoms with Crippen molar-refractivity contribution in [3.05, 3.63) is 60.4 Å². The van der Waals surface area contributed by atoms with E-state index < -0.39 is 6.09 Å². The predicted octanol–water partition coefficient (Wildman–Crippen LogP) is 3.99. The van der Waals surface area contributed by atoms with Crippen LogP contribution in [-0.4, -0.2) is 22.8 Å². The molecule has 5 nitrogen and oxygen atoms in total. The molecule has 2 aromatic carbocycles. The lowest BCUT2D eigenvalue weighted by Crippen LogP contribution is -2.30. The molecule has 1 atom stereocenters. The Labute approximate surface area is 138 Å². The molecule has 1 aliphatic heterocycles. The van der Waals surface area contributed by atoms with Gasteiger partial charge in [0, 0.05) is 29.8 Å². The molecule has 4 rings (SSSR count). The van der Waals surface area contributed by atoms with E-state index in [2.05, 4.69) is 16.4 Å². The number of benzene rings is 2. The van der Waals surface area contributed by atoms with Crippen molar-refractivity contribution in [1.29, 1.82) is 0 Å². The first kappa shape index (κ1) is 14.5. The van der Waals surface area contributed by atoms with Crippen molar-refractivity contribution in [3.63, 3.8) is 0 Å². The molecule has 1 amide bonds. The number of amides is 1. The van der Waals surface area contributed by atoms with Crippen LogP contribution in [0.25, 0.3) is 21.9 Å². The Morgan fingerprint density at radius 2 is 2.17 bits per heavy atom. The summed E-state index contributed by atoms with van der Waals surface area (Å²) in [6.45, 7) is 0.501. The molecule has 0 bridgehead atoms. The van der Waals surface area contributed by atoms with Gasteiger partial charge in [-0.15, -0.1) is 0 Å². The molecule has 5 heteroatoms. The first-order valence-corrected chi connectivity index (χ1v) is 7.82. The van der Waals surface area contributed by atoms with Gasteiger partial charge < -0.3 is 15.2 Å². The van der Waals surface area contributed by atoms with Gasteiger partial charge in [0.25, 0.3) is 0 Å². The van der Waals surface area contributed by atoms with Crippen molar-refractivity contribution < 1.29 is 14.6 Å². The average molecular weight is 320 g/mol. The number of pyridine rings is 1. The van der Waals surface area contributed by atoms with E-state index in [0.717, 1.165) is 33.2 Å². The fourth-order valence-corrected chi connectivity index (χ4v) is 3.23. The molecule has 1 aliphatic rings. The van der Waals surface area contributed by atoms with Crippen molar-refractivity contribution in [2.24, 2.45) is 0 Å². The summed E-state index contributed by atoms with van der Waals surface area (Å²) >= 11 is 0. The second-order valence-corrected chi connectivity index (χ2v) is 5.79. The molecule has 0 saturated carbocycles. The van der Waals surface area contributed by atoms with Gasteiger partial charge in [0.2, 0.25) is 0 Å². The summed E-state index contributed by atoms with van der Waals surface area (Å²) in [5, 5.41) is 13.8. The number of aromatic nitrogens is 1. The van der Waals surface area contributed by atoms with Crippen molar-refractivity contribution in [2.75, 3.05) is 6.61 Å². The molecule has 1 unspecified atom stereocenters. The van der Waals surface area contributed by atoms with Gasteiger partial charge in [0.15, 0.2) is 0 Å². The molecule has 3 aromatic rings. The number of ether oxygens (including phenoxy) is 1. The minimum Gasteiger partial charge on any atom is -0.493 e. The molecule has 1 aromatic heterocycles. The number of carboxylic acid groups (broad SMARTS) is 1. The van der Waals surface area contributed by atoms with E-state index in [1.807, 2.05) is 42.6 Å². The Hall–Kier alpha value is -3.08. The summed E-state index contributed by atoms with van der Waals surface area (Å²) in [6, 6.07) is 13.8. The topological polar surface area (TPSA) is 71.5 Å². The van der Waals surface area contributed by atoms with Gasteiger partial charge in [0.1, 0.15) is 5.75 Å². The normalized spacial score (nSPS) is 16.2. The van der Waals surface area contributed by atoms with Gasteiger partial charge in [-0.2, -0.15) is 0 Å². The zero-order chi connectivity index (χ0) is 16.5. The third kappa shape index (κ3) is 2.54. The monoisotopic (exact) mass is 320 g/mol. The molecule has 120 valence electrons. The number of rotatable bonds is 2. The number of carbonyl (C=O) groups is 1. The van der Waals surface area contributed by atoms with Crippen LogP contribution in [0.3, 0.4) is 0 Å². The second-order valence-electron chi connectivity index (χ2n) is 5.79. The Bertz CT molecular complexity index is 918. The van der Waals surface area contributed by atoms with Gasteiger partial charge in [-0.05, 0) is 28.6 Å². The number of hydrogen-bond acceptors (Lipinski definition) is 3. The maximum absolute atomic E-state index is 11.0. The Balaban J connectivity index is 1.79. The van der Waals surface area contributed by atoms with Crippen LogP contribution in [0.1, 0.15) is 18.0 Å². The summed E-state index contributed by atoms with van der Waals surface area (Å²) in [5.41, 5.74) is 3.03. The van der Waals surface area contributed by atoms with Gasteiger partial charge >= 0.3 is 6.09 Å². The summed E-state index contributed by atoms with van der Waals surface area (Å²) < 4.78 is 5.76. The summed E-state index contributed by atoms with van der Waals surface area (Å²) in [4.78, 5) is 15.1. The van der Waals surface area contributed by atoms with Crippen LogP contribution in [0.4, 0.5) is 4.79 Å². The maximum Gasteiger partial charge on any atom is 0.405 e. The van der Waals surface area contributed by atoms with Crippen LogP contribution in [0.5, 0.6) is 5.75 Å². The second kappa shape index (κ2) is 5.85. The Kier molecular flexibility index (Phi) is 3.54. The van der Waals surface area contributed by atoms with Crippen LogP contribution < -0.4 is 10.1 Å². The fourth-order valence-electron chi connectivity index (χ4n) is 3.23. The van der Waals surface area contributed by atoms with Crippen LogP contribution in [0.15, 0.2) is 54.9 Å². The zero-order valence-corrected chi connectivity index (χ0v) is 12.9. The van der Waals surface area contributed by atoms with E-state index in [0.29, 0.717) is 13.0 Å². The maximum atomic E-state index is 11.0. The van der Waals surface area contributed by atoms with E-state index in [9.17, 15) is 4.79 Å². The average Bonchev–Trinajstić information content (AvgIpc) is 2.60. The summed E-state index contributed by atoms with van der Waals surface area (Å²) in [7, 11) is 0. The van der Waals surface area contributed by atoms with E-state index in [1.54, 1.807) is 6.20 Å². The number of fused-ring (bicyclic) bond motifs is 2. The minimum absolute atomic E-state index is 0.225. The molecular formula is C19H16N2O3. The van der Waals surface area contributed by atoms with Crippen molar-refractivity contribution in [1.82, 2.24) is 10.3 Å². The van der Waals surface area contributed by atoms with Crippen LogP contribution in [0, 0.1) is 0 Å². The Morgan fingerprint density at radius 1 is 1.25 bits per heavy atom. The van der Waals surface area contributed by atoms with Gasteiger partial charge in [-0.25, -0.2) is 4.79 Å². The smallest absolute Gasteiger partial charge is 0.405 e. The van der Waals surface area contributed by atoms with Gasteiger partial charge in [-0.1, -0.05) is 30.3 Å². The largest absolute Gasteiger partial charge is 0.493 e. The highest BCUT2D eigenvalue weighted by Crippen LogP contribution is 2.37. The highest BCUT2D eigenvalue weighted by Gasteiger charge is 2.23. The molecule has 0 aliphatic carbocycles. The van der Waals surface area contributed by atoms with Crippen molar-refractivity contribution in [3.8, 4) is 16.9 Å². The van der Waals surface area contributed by atoms with E-state index in [4.69, 9.17) is 9.84 Å². The SMILES string of the molecule is O=C(O)NC1CCOc2cc(-c3cccc4cnccc34)ccc21. The lowest BCUT2D eigenvalue weighted by Gasteiger charge is -2.26. The molecule has 0 fully saturated rings. The molecule has 2 N–H and O–H groups in total. The highest BCUT2D eigenvalue weighted by atomic mass is 16.5. The number of nitrogens with one attached hydrogen (secondary N) is 1. The zero-order valence-electron chi connectivity index (χ0n) is 12.9. The van der Waals surface area contributed by atoms with E-state index in [-0.39, 0.29) is 6.04 Å². The van der Waals surface area contributed by atoms with Crippen molar-refractivity contribution >= 4 is 16.9 Å². The molecule has 0 radical (unpaired) electrons. The quantitative estimate of drug-likeness (QED) is 0.749. The van der Waals surface area contributed by atoms with Crippen LogP contribution in [0.2, 0.25) is 0 Å². The molecule has 0 saturated heterocycles. The minimum atomic E-state index is -1.02. The molecule has 2 heterocycles.